The lowest BCUT2D eigenvalue weighted by Gasteiger charge is -2.09. The number of halogens is 2. The van der Waals surface area contributed by atoms with E-state index < -0.39 is 11.7 Å². The van der Waals surface area contributed by atoms with Crippen LogP contribution in [0.3, 0.4) is 0 Å². The molecule has 4 rings (SSSR count). The van der Waals surface area contributed by atoms with Gasteiger partial charge in [-0.15, -0.1) is 5.10 Å². The average molecular weight is 471 g/mol. The molecule has 0 saturated heterocycles. The normalized spacial score (nSPS) is 10.7. The fraction of sp³-hybridized carbons (Fsp3) is 0.0952. The molecule has 0 saturated carbocycles. The van der Waals surface area contributed by atoms with Gasteiger partial charge in [0.25, 0.3) is 5.91 Å². The Labute approximate surface area is 191 Å². The summed E-state index contributed by atoms with van der Waals surface area (Å²) in [6.07, 6.45) is 3.28. The van der Waals surface area contributed by atoms with Gasteiger partial charge in [0.05, 0.1) is 23.5 Å². The number of anilines is 1. The van der Waals surface area contributed by atoms with Crippen LogP contribution in [0.4, 0.5) is 10.1 Å². The van der Waals surface area contributed by atoms with Crippen LogP contribution < -0.4 is 10.1 Å². The van der Waals surface area contributed by atoms with Crippen LogP contribution in [0.2, 0.25) is 5.02 Å². The number of methoxy groups -OCH3 is 1. The second-order valence-corrected chi connectivity index (χ2v) is 7.75. The van der Waals surface area contributed by atoms with Crippen LogP contribution in [0.5, 0.6) is 5.75 Å². The van der Waals surface area contributed by atoms with Gasteiger partial charge in [0, 0.05) is 23.8 Å². The van der Waals surface area contributed by atoms with E-state index in [9.17, 15) is 9.18 Å². The van der Waals surface area contributed by atoms with Gasteiger partial charge in [-0.25, -0.2) is 19.0 Å². The lowest BCUT2D eigenvalue weighted by molar-refractivity contribution is 0.102. The van der Waals surface area contributed by atoms with Crippen LogP contribution in [0.25, 0.3) is 5.69 Å². The van der Waals surface area contributed by atoms with E-state index in [1.807, 2.05) is 12.1 Å². The Hall–Kier alpha value is -3.50. The van der Waals surface area contributed by atoms with Gasteiger partial charge in [-0.2, -0.15) is 0 Å². The average Bonchev–Trinajstić information content (AvgIpc) is 3.25. The summed E-state index contributed by atoms with van der Waals surface area (Å²) < 4.78 is 20.2. The summed E-state index contributed by atoms with van der Waals surface area (Å²) >= 11 is 7.15. The van der Waals surface area contributed by atoms with Gasteiger partial charge in [0.1, 0.15) is 11.6 Å². The van der Waals surface area contributed by atoms with Gasteiger partial charge in [-0.3, -0.25) is 4.79 Å². The molecule has 4 aromatic rings. The Kier molecular flexibility index (Phi) is 6.62. The Bertz CT molecular complexity index is 1240. The van der Waals surface area contributed by atoms with E-state index in [1.165, 1.54) is 30.0 Å². The van der Waals surface area contributed by atoms with Crippen LogP contribution in [0.1, 0.15) is 16.2 Å². The lowest BCUT2D eigenvalue weighted by Crippen LogP contribution is -2.15. The van der Waals surface area contributed by atoms with Gasteiger partial charge in [-0.05, 0) is 48.5 Å². The number of amides is 1. The number of carbonyl (C=O) groups is 1. The van der Waals surface area contributed by atoms with Gasteiger partial charge >= 0.3 is 0 Å². The molecule has 32 heavy (non-hydrogen) atoms. The molecule has 0 unspecified atom stereocenters. The van der Waals surface area contributed by atoms with Crippen molar-refractivity contribution in [3.05, 3.63) is 83.2 Å². The lowest BCUT2D eigenvalue weighted by atomic mass is 10.2. The van der Waals surface area contributed by atoms with Crippen molar-refractivity contribution in [2.45, 2.75) is 10.9 Å². The third-order valence-corrected chi connectivity index (χ3v) is 5.53. The van der Waals surface area contributed by atoms with E-state index in [1.54, 1.807) is 42.4 Å². The maximum atomic E-state index is 13.4. The van der Waals surface area contributed by atoms with Gasteiger partial charge in [-0.1, -0.05) is 28.6 Å². The minimum Gasteiger partial charge on any atom is -0.497 e. The molecular weight excluding hydrogens is 455 g/mol. The fourth-order valence-electron chi connectivity index (χ4n) is 2.80. The number of nitrogens with zero attached hydrogens (tertiary/aromatic N) is 5. The van der Waals surface area contributed by atoms with Crippen LogP contribution in [-0.4, -0.2) is 38.0 Å². The van der Waals surface area contributed by atoms with Crippen molar-refractivity contribution in [1.82, 2.24) is 25.0 Å². The molecule has 2 heterocycles. The zero-order chi connectivity index (χ0) is 22.5. The van der Waals surface area contributed by atoms with E-state index in [4.69, 9.17) is 16.3 Å². The molecule has 0 radical (unpaired) electrons. The largest absolute Gasteiger partial charge is 0.497 e. The fourth-order valence-corrected chi connectivity index (χ4v) is 3.77. The molecule has 1 N–H and O–H groups in total. The maximum absolute atomic E-state index is 13.4. The summed E-state index contributed by atoms with van der Waals surface area (Å²) in [6.45, 7) is 0. The number of hydrogen-bond acceptors (Lipinski definition) is 7. The molecule has 162 valence electrons. The number of nitrogens with one attached hydrogen (secondary N) is 1. The number of rotatable bonds is 7. The topological polar surface area (TPSA) is 94.8 Å². The standard InChI is InChI=1S/C21H16ClFN6O2S/c1-31-15-6-4-14(5-7-15)29-18(12-32-21-24-9-2-10-25-21)19(27-28-29)20(30)26-13-3-8-17(23)16(22)11-13/h2-11H,12H2,1H3,(H,26,30). The molecule has 2 aromatic heterocycles. The van der Waals surface area contributed by atoms with E-state index in [0.717, 1.165) is 0 Å². The van der Waals surface area contributed by atoms with E-state index in [2.05, 4.69) is 25.6 Å². The van der Waals surface area contributed by atoms with E-state index in [0.29, 0.717) is 33.7 Å². The highest BCUT2D eigenvalue weighted by atomic mass is 35.5. The second kappa shape index (κ2) is 9.75. The highest BCUT2D eigenvalue weighted by molar-refractivity contribution is 7.98. The predicted octanol–water partition coefficient (Wildman–Crippen LogP) is 4.40. The summed E-state index contributed by atoms with van der Waals surface area (Å²) in [6, 6.07) is 12.8. The van der Waals surface area contributed by atoms with E-state index in [-0.39, 0.29) is 10.7 Å². The molecule has 0 spiro atoms. The molecule has 0 aliphatic heterocycles. The van der Waals surface area contributed by atoms with Gasteiger partial charge in [0.2, 0.25) is 0 Å². The van der Waals surface area contributed by atoms with E-state index >= 15 is 0 Å². The predicted molar refractivity (Wildman–Crippen MR) is 119 cm³/mol. The molecule has 2 aromatic carbocycles. The number of ether oxygens (including phenoxy) is 1. The monoisotopic (exact) mass is 470 g/mol. The van der Waals surface area contributed by atoms with Crippen LogP contribution in [0.15, 0.2) is 66.1 Å². The molecule has 8 nitrogen and oxygen atoms in total. The molecule has 0 atom stereocenters. The van der Waals surface area contributed by atoms with Gasteiger partial charge < -0.3 is 10.1 Å². The van der Waals surface area contributed by atoms with Crippen molar-refractivity contribution >= 4 is 35.0 Å². The van der Waals surface area contributed by atoms with Crippen LogP contribution in [0, 0.1) is 5.82 Å². The first kappa shape index (κ1) is 21.7. The summed E-state index contributed by atoms with van der Waals surface area (Å²) in [5.74, 6) is -0.0589. The Balaban J connectivity index is 1.66. The summed E-state index contributed by atoms with van der Waals surface area (Å²) in [7, 11) is 1.58. The summed E-state index contributed by atoms with van der Waals surface area (Å²) in [5, 5.41) is 11.4. The van der Waals surface area contributed by atoms with Crippen molar-refractivity contribution in [2.24, 2.45) is 0 Å². The molecule has 1 amide bonds. The Morgan fingerprint density at radius 2 is 1.94 bits per heavy atom. The molecule has 0 aliphatic carbocycles. The number of thioether (sulfide) groups is 1. The minimum atomic E-state index is -0.574. The molecule has 0 bridgehead atoms. The Morgan fingerprint density at radius 3 is 2.62 bits per heavy atom. The van der Waals surface area contributed by atoms with Crippen molar-refractivity contribution in [3.63, 3.8) is 0 Å². The minimum absolute atomic E-state index is 0.0957. The molecule has 0 aliphatic rings. The summed E-state index contributed by atoms with van der Waals surface area (Å²) in [4.78, 5) is 21.4. The zero-order valence-corrected chi connectivity index (χ0v) is 18.3. The third-order valence-electron chi connectivity index (χ3n) is 4.35. The second-order valence-electron chi connectivity index (χ2n) is 6.40. The summed E-state index contributed by atoms with van der Waals surface area (Å²) in [5.41, 5.74) is 1.69. The highest BCUT2D eigenvalue weighted by Crippen LogP contribution is 2.25. The quantitative estimate of drug-likeness (QED) is 0.316. The van der Waals surface area contributed by atoms with Crippen molar-refractivity contribution in [2.75, 3.05) is 12.4 Å². The first-order chi connectivity index (χ1) is 15.5. The number of hydrogen-bond donors (Lipinski definition) is 1. The zero-order valence-electron chi connectivity index (χ0n) is 16.7. The number of carbonyl (C=O) groups excluding carboxylic acids is 1. The van der Waals surface area contributed by atoms with Crippen molar-refractivity contribution in [1.29, 1.82) is 0 Å². The third kappa shape index (κ3) is 4.87. The first-order valence-corrected chi connectivity index (χ1v) is 10.7. The number of aromatic nitrogens is 5. The van der Waals surface area contributed by atoms with Gasteiger partial charge in [0.15, 0.2) is 10.9 Å². The first-order valence-electron chi connectivity index (χ1n) is 9.30. The number of benzene rings is 2. The molecule has 11 heteroatoms. The smallest absolute Gasteiger partial charge is 0.278 e. The van der Waals surface area contributed by atoms with Crippen LogP contribution in [-0.2, 0) is 5.75 Å². The van der Waals surface area contributed by atoms with Crippen molar-refractivity contribution < 1.29 is 13.9 Å². The SMILES string of the molecule is COc1ccc(-n2nnc(C(=O)Nc3ccc(F)c(Cl)c3)c2CSc2ncccn2)cc1. The Morgan fingerprint density at radius 1 is 1.19 bits per heavy atom. The molecule has 0 fully saturated rings. The van der Waals surface area contributed by atoms with Crippen molar-refractivity contribution in [3.8, 4) is 11.4 Å². The maximum Gasteiger partial charge on any atom is 0.278 e. The molecular formula is C21H16ClFN6O2S. The highest BCUT2D eigenvalue weighted by Gasteiger charge is 2.22. The van der Waals surface area contributed by atoms with Crippen LogP contribution >= 0.6 is 23.4 Å².